The number of rotatable bonds is 4. The molecular weight excluding hydrogens is 237 g/mol. The molecule has 0 saturated carbocycles. The lowest BCUT2D eigenvalue weighted by Gasteiger charge is -2.23. The molecule has 0 bridgehead atoms. The van der Waals surface area contributed by atoms with Crippen molar-refractivity contribution in [2.75, 3.05) is 6.54 Å². The summed E-state index contributed by atoms with van der Waals surface area (Å²) in [5.74, 6) is 0.185. The van der Waals surface area contributed by atoms with Gasteiger partial charge in [-0.3, -0.25) is 0 Å². The van der Waals surface area contributed by atoms with Gasteiger partial charge in [-0.05, 0) is 57.4 Å². The molecule has 0 aliphatic carbocycles. The summed E-state index contributed by atoms with van der Waals surface area (Å²) < 4.78 is 13.6. The second kappa shape index (κ2) is 5.83. The molecule has 1 atom stereocenters. The van der Waals surface area contributed by atoms with Crippen LogP contribution in [-0.2, 0) is 6.42 Å². The number of hydrogen-bond acceptors (Lipinski definition) is 1. The van der Waals surface area contributed by atoms with E-state index in [0.29, 0.717) is 10.9 Å². The number of halogens is 2. The van der Waals surface area contributed by atoms with Gasteiger partial charge in [-0.2, -0.15) is 0 Å². The number of hydrogen-bond donors (Lipinski definition) is 1. The van der Waals surface area contributed by atoms with Gasteiger partial charge in [0.05, 0.1) is 0 Å². The summed E-state index contributed by atoms with van der Waals surface area (Å²) in [5.41, 5.74) is 0.838. The van der Waals surface area contributed by atoms with Gasteiger partial charge in [0.1, 0.15) is 5.82 Å². The van der Waals surface area contributed by atoms with Crippen LogP contribution in [0.1, 0.15) is 33.3 Å². The zero-order valence-electron chi connectivity index (χ0n) is 11.0. The van der Waals surface area contributed by atoms with E-state index in [1.807, 2.05) is 0 Å². The maximum atomic E-state index is 13.6. The van der Waals surface area contributed by atoms with Gasteiger partial charge in [0.2, 0.25) is 0 Å². The predicted molar refractivity (Wildman–Crippen MR) is 72.0 cm³/mol. The topological polar surface area (TPSA) is 12.0 Å². The molecule has 0 fully saturated rings. The van der Waals surface area contributed by atoms with Gasteiger partial charge in [0, 0.05) is 10.6 Å². The first kappa shape index (κ1) is 14.5. The highest BCUT2D eigenvalue weighted by atomic mass is 35.5. The van der Waals surface area contributed by atoms with Crippen LogP contribution in [0.25, 0.3) is 0 Å². The minimum Gasteiger partial charge on any atom is -0.312 e. The van der Waals surface area contributed by atoms with Crippen molar-refractivity contribution in [2.45, 2.75) is 39.7 Å². The molecule has 1 N–H and O–H groups in total. The third-order valence-electron chi connectivity index (χ3n) is 2.56. The second-order valence-electron chi connectivity index (χ2n) is 5.68. The number of benzene rings is 1. The lowest BCUT2D eigenvalue weighted by atomic mass is 9.99. The van der Waals surface area contributed by atoms with Crippen molar-refractivity contribution < 1.29 is 4.39 Å². The van der Waals surface area contributed by atoms with Crippen LogP contribution < -0.4 is 5.32 Å². The zero-order valence-corrected chi connectivity index (χ0v) is 11.7. The number of nitrogens with one attached hydrogen (secondary N) is 1. The Bertz CT molecular complexity index is 371. The van der Waals surface area contributed by atoms with E-state index in [1.165, 1.54) is 6.07 Å². The van der Waals surface area contributed by atoms with Gasteiger partial charge in [-0.25, -0.2) is 4.39 Å². The summed E-state index contributed by atoms with van der Waals surface area (Å²) in [5, 5.41) is 3.87. The van der Waals surface area contributed by atoms with E-state index < -0.39 is 0 Å². The molecule has 1 nitrogen and oxygen atoms in total. The molecule has 96 valence electrons. The molecule has 0 aromatic heterocycles. The van der Waals surface area contributed by atoms with Crippen LogP contribution in [-0.4, -0.2) is 12.1 Å². The molecule has 0 amide bonds. The SMILES string of the molecule is CC(CNC(C)(C)C)Cc1ccc(Cl)cc1F. The third-order valence-corrected chi connectivity index (χ3v) is 2.80. The van der Waals surface area contributed by atoms with Crippen molar-refractivity contribution in [3.05, 3.63) is 34.6 Å². The second-order valence-corrected chi connectivity index (χ2v) is 6.11. The average molecular weight is 258 g/mol. The molecule has 3 heteroatoms. The molecule has 0 saturated heterocycles. The maximum absolute atomic E-state index is 13.6. The molecule has 0 spiro atoms. The van der Waals surface area contributed by atoms with Gasteiger partial charge >= 0.3 is 0 Å². The minimum atomic E-state index is -0.208. The molecule has 0 aliphatic rings. The smallest absolute Gasteiger partial charge is 0.127 e. The van der Waals surface area contributed by atoms with Crippen molar-refractivity contribution in [1.29, 1.82) is 0 Å². The van der Waals surface area contributed by atoms with E-state index in [2.05, 4.69) is 33.0 Å². The Morgan fingerprint density at radius 1 is 1.35 bits per heavy atom. The van der Waals surface area contributed by atoms with Crippen LogP contribution in [0, 0.1) is 11.7 Å². The fourth-order valence-electron chi connectivity index (χ4n) is 1.62. The summed E-state index contributed by atoms with van der Waals surface area (Å²) in [6, 6.07) is 4.88. The molecule has 0 heterocycles. The summed E-state index contributed by atoms with van der Waals surface area (Å²) in [7, 11) is 0. The van der Waals surface area contributed by atoms with Gasteiger partial charge in [-0.15, -0.1) is 0 Å². The van der Waals surface area contributed by atoms with Gasteiger partial charge in [-0.1, -0.05) is 24.6 Å². The monoisotopic (exact) mass is 257 g/mol. The molecule has 1 rings (SSSR count). The lowest BCUT2D eigenvalue weighted by molar-refractivity contribution is 0.379. The van der Waals surface area contributed by atoms with E-state index in [1.54, 1.807) is 12.1 Å². The standard InChI is InChI=1S/C14H21ClFN/c1-10(9-17-14(2,3)4)7-11-5-6-12(15)8-13(11)16/h5-6,8,10,17H,7,9H2,1-4H3. The van der Waals surface area contributed by atoms with Crippen molar-refractivity contribution in [3.8, 4) is 0 Å². The minimum absolute atomic E-state index is 0.104. The van der Waals surface area contributed by atoms with Crippen LogP contribution in [0.2, 0.25) is 5.02 Å². The normalized spacial score (nSPS) is 13.8. The van der Waals surface area contributed by atoms with Crippen LogP contribution >= 0.6 is 11.6 Å². The van der Waals surface area contributed by atoms with Crippen molar-refractivity contribution in [3.63, 3.8) is 0 Å². The Labute approximate surface area is 108 Å². The Balaban J connectivity index is 2.53. The van der Waals surface area contributed by atoms with Crippen LogP contribution in [0.3, 0.4) is 0 Å². The highest BCUT2D eigenvalue weighted by Gasteiger charge is 2.13. The van der Waals surface area contributed by atoms with Crippen LogP contribution in [0.4, 0.5) is 4.39 Å². The van der Waals surface area contributed by atoms with Crippen LogP contribution in [0.5, 0.6) is 0 Å². The molecule has 1 aromatic rings. The van der Waals surface area contributed by atoms with E-state index in [9.17, 15) is 4.39 Å². The van der Waals surface area contributed by atoms with Crippen molar-refractivity contribution >= 4 is 11.6 Å². The summed E-state index contributed by atoms with van der Waals surface area (Å²) in [4.78, 5) is 0. The Kier molecular flexibility index (Phi) is 4.96. The Morgan fingerprint density at radius 2 is 2.00 bits per heavy atom. The lowest BCUT2D eigenvalue weighted by Crippen LogP contribution is -2.39. The fourth-order valence-corrected chi connectivity index (χ4v) is 1.77. The largest absolute Gasteiger partial charge is 0.312 e. The highest BCUT2D eigenvalue weighted by Crippen LogP contribution is 2.17. The Hall–Kier alpha value is -0.600. The fraction of sp³-hybridized carbons (Fsp3) is 0.571. The predicted octanol–water partition coefficient (Wildman–Crippen LogP) is 4.05. The van der Waals surface area contributed by atoms with Gasteiger partial charge < -0.3 is 5.32 Å². The van der Waals surface area contributed by atoms with Gasteiger partial charge in [0.25, 0.3) is 0 Å². The first-order chi connectivity index (χ1) is 7.78. The molecule has 1 unspecified atom stereocenters. The zero-order chi connectivity index (χ0) is 13.1. The van der Waals surface area contributed by atoms with Gasteiger partial charge in [0.15, 0.2) is 0 Å². The van der Waals surface area contributed by atoms with E-state index in [-0.39, 0.29) is 11.4 Å². The molecule has 17 heavy (non-hydrogen) atoms. The van der Waals surface area contributed by atoms with Crippen molar-refractivity contribution in [1.82, 2.24) is 5.32 Å². The van der Waals surface area contributed by atoms with E-state index in [0.717, 1.165) is 18.5 Å². The van der Waals surface area contributed by atoms with Crippen molar-refractivity contribution in [2.24, 2.45) is 5.92 Å². The molecular formula is C14H21ClFN. The Morgan fingerprint density at radius 3 is 2.53 bits per heavy atom. The van der Waals surface area contributed by atoms with E-state index >= 15 is 0 Å². The first-order valence-electron chi connectivity index (χ1n) is 5.97. The molecule has 0 radical (unpaired) electrons. The summed E-state index contributed by atoms with van der Waals surface area (Å²) >= 11 is 5.72. The average Bonchev–Trinajstić information content (AvgIpc) is 2.18. The maximum Gasteiger partial charge on any atom is 0.127 e. The quantitative estimate of drug-likeness (QED) is 0.858. The third kappa shape index (κ3) is 5.51. The summed E-state index contributed by atoms with van der Waals surface area (Å²) in [6.45, 7) is 9.38. The highest BCUT2D eigenvalue weighted by molar-refractivity contribution is 6.30. The molecule has 1 aromatic carbocycles. The van der Waals surface area contributed by atoms with E-state index in [4.69, 9.17) is 11.6 Å². The summed E-state index contributed by atoms with van der Waals surface area (Å²) in [6.07, 6.45) is 0.728. The first-order valence-corrected chi connectivity index (χ1v) is 6.34. The van der Waals surface area contributed by atoms with Crippen LogP contribution in [0.15, 0.2) is 18.2 Å². The molecule has 0 aliphatic heterocycles.